The van der Waals surface area contributed by atoms with E-state index in [1.807, 2.05) is 0 Å². The zero-order valence-electron chi connectivity index (χ0n) is 9.49. The van der Waals surface area contributed by atoms with Crippen LogP contribution < -0.4 is 5.73 Å². The van der Waals surface area contributed by atoms with E-state index in [0.717, 1.165) is 11.8 Å². The van der Waals surface area contributed by atoms with Crippen LogP contribution in [0.25, 0.3) is 0 Å². The second kappa shape index (κ2) is 5.13. The first-order valence-corrected chi connectivity index (χ1v) is 7.03. The van der Waals surface area contributed by atoms with Crippen LogP contribution in [0.4, 0.5) is 0 Å². The fraction of sp³-hybridized carbons (Fsp3) is 0.692. The van der Waals surface area contributed by atoms with Gasteiger partial charge in [-0.1, -0.05) is 26.2 Å². The number of hydrogen-bond acceptors (Lipinski definition) is 2. The first-order chi connectivity index (χ1) is 7.31. The number of hydrogen-bond donors (Lipinski definition) is 1. The minimum absolute atomic E-state index is 0.286. The predicted octanol–water partition coefficient (Wildman–Crippen LogP) is 3.96. The molecular weight excluding hydrogens is 202 g/mol. The molecule has 1 aliphatic rings. The molecule has 0 aromatic carbocycles. The standard InChI is InChI=1S/C13H21NS/c1-2-10-3-5-11(6-4-10)13(14)12-7-8-15-9-12/h7-11,13H,2-6,14H2,1H3. The fourth-order valence-corrected chi connectivity index (χ4v) is 3.40. The Labute approximate surface area is 96.7 Å². The molecule has 2 N–H and O–H groups in total. The second-order valence-electron chi connectivity index (χ2n) is 4.77. The van der Waals surface area contributed by atoms with Crippen LogP contribution in [0, 0.1) is 11.8 Å². The summed E-state index contributed by atoms with van der Waals surface area (Å²) in [5.74, 6) is 1.69. The van der Waals surface area contributed by atoms with Crippen molar-refractivity contribution in [2.45, 2.75) is 45.1 Å². The van der Waals surface area contributed by atoms with E-state index in [1.54, 1.807) is 11.3 Å². The van der Waals surface area contributed by atoms with Crippen LogP contribution in [-0.4, -0.2) is 0 Å². The number of thiophene rings is 1. The maximum absolute atomic E-state index is 6.31. The summed E-state index contributed by atoms with van der Waals surface area (Å²) in [5.41, 5.74) is 7.65. The second-order valence-corrected chi connectivity index (χ2v) is 5.55. The molecule has 1 aromatic heterocycles. The maximum atomic E-state index is 6.31. The van der Waals surface area contributed by atoms with Crippen LogP contribution in [0.15, 0.2) is 16.8 Å². The Bertz CT molecular complexity index is 273. The zero-order valence-corrected chi connectivity index (χ0v) is 10.3. The van der Waals surface area contributed by atoms with E-state index in [1.165, 1.54) is 37.7 Å². The summed E-state index contributed by atoms with van der Waals surface area (Å²) in [7, 11) is 0. The van der Waals surface area contributed by atoms with Crippen LogP contribution in [0.5, 0.6) is 0 Å². The highest BCUT2D eigenvalue weighted by molar-refractivity contribution is 7.07. The van der Waals surface area contributed by atoms with Gasteiger partial charge in [-0.25, -0.2) is 0 Å². The lowest BCUT2D eigenvalue weighted by molar-refractivity contribution is 0.240. The topological polar surface area (TPSA) is 26.0 Å². The van der Waals surface area contributed by atoms with Crippen molar-refractivity contribution in [3.63, 3.8) is 0 Å². The van der Waals surface area contributed by atoms with Gasteiger partial charge in [0, 0.05) is 6.04 Å². The number of nitrogens with two attached hydrogens (primary N) is 1. The highest BCUT2D eigenvalue weighted by Gasteiger charge is 2.25. The minimum Gasteiger partial charge on any atom is -0.324 e. The quantitative estimate of drug-likeness (QED) is 0.824. The number of rotatable bonds is 3. The van der Waals surface area contributed by atoms with E-state index < -0.39 is 0 Å². The molecule has 84 valence electrons. The molecule has 1 heterocycles. The van der Waals surface area contributed by atoms with Gasteiger partial charge < -0.3 is 5.73 Å². The summed E-state index contributed by atoms with van der Waals surface area (Å²) in [6.07, 6.45) is 6.78. The third-order valence-electron chi connectivity index (χ3n) is 3.90. The van der Waals surface area contributed by atoms with Crippen molar-refractivity contribution in [3.05, 3.63) is 22.4 Å². The molecule has 1 atom stereocenters. The molecule has 0 aliphatic heterocycles. The predicted molar refractivity (Wildman–Crippen MR) is 67.0 cm³/mol. The summed E-state index contributed by atoms with van der Waals surface area (Å²) in [4.78, 5) is 0. The van der Waals surface area contributed by atoms with Crippen molar-refractivity contribution in [3.8, 4) is 0 Å². The molecule has 1 aromatic rings. The molecule has 2 heteroatoms. The van der Waals surface area contributed by atoms with Crippen molar-refractivity contribution in [1.29, 1.82) is 0 Å². The molecule has 1 aliphatic carbocycles. The van der Waals surface area contributed by atoms with Crippen LogP contribution >= 0.6 is 11.3 Å². The lowest BCUT2D eigenvalue weighted by atomic mass is 9.76. The molecule has 2 rings (SSSR count). The third-order valence-corrected chi connectivity index (χ3v) is 4.61. The van der Waals surface area contributed by atoms with Gasteiger partial charge in [-0.15, -0.1) is 0 Å². The smallest absolute Gasteiger partial charge is 0.0331 e. The van der Waals surface area contributed by atoms with Gasteiger partial charge >= 0.3 is 0 Å². The van der Waals surface area contributed by atoms with E-state index in [-0.39, 0.29) is 6.04 Å². The molecule has 1 unspecified atom stereocenters. The summed E-state index contributed by atoms with van der Waals surface area (Å²) in [6, 6.07) is 2.47. The molecule has 0 radical (unpaired) electrons. The molecule has 15 heavy (non-hydrogen) atoms. The zero-order chi connectivity index (χ0) is 10.7. The van der Waals surface area contributed by atoms with Crippen LogP contribution in [0.2, 0.25) is 0 Å². The van der Waals surface area contributed by atoms with Crippen molar-refractivity contribution in [2.24, 2.45) is 17.6 Å². The molecule has 0 saturated heterocycles. The van der Waals surface area contributed by atoms with E-state index >= 15 is 0 Å². The Morgan fingerprint density at radius 2 is 2.13 bits per heavy atom. The lowest BCUT2D eigenvalue weighted by Crippen LogP contribution is -2.25. The Morgan fingerprint density at radius 3 is 2.67 bits per heavy atom. The molecule has 0 bridgehead atoms. The summed E-state index contributed by atoms with van der Waals surface area (Å²) >= 11 is 1.76. The van der Waals surface area contributed by atoms with Gasteiger partial charge in [-0.2, -0.15) is 11.3 Å². The Kier molecular flexibility index (Phi) is 3.81. The van der Waals surface area contributed by atoms with Gasteiger partial charge in [0.2, 0.25) is 0 Å². The minimum atomic E-state index is 0.286. The maximum Gasteiger partial charge on any atom is 0.0331 e. The summed E-state index contributed by atoms with van der Waals surface area (Å²) < 4.78 is 0. The van der Waals surface area contributed by atoms with Crippen LogP contribution in [-0.2, 0) is 0 Å². The fourth-order valence-electron chi connectivity index (χ4n) is 2.69. The largest absolute Gasteiger partial charge is 0.324 e. The summed E-state index contributed by atoms with van der Waals surface area (Å²) in [5, 5.41) is 4.34. The first-order valence-electron chi connectivity index (χ1n) is 6.09. The molecule has 0 spiro atoms. The SMILES string of the molecule is CCC1CCC(C(N)c2ccsc2)CC1. The average Bonchev–Trinajstić information content (AvgIpc) is 2.82. The molecule has 1 fully saturated rings. The Morgan fingerprint density at radius 1 is 1.40 bits per heavy atom. The van der Waals surface area contributed by atoms with Gasteiger partial charge in [0.1, 0.15) is 0 Å². The van der Waals surface area contributed by atoms with Gasteiger partial charge in [0.25, 0.3) is 0 Å². The lowest BCUT2D eigenvalue weighted by Gasteiger charge is -2.31. The van der Waals surface area contributed by atoms with Crippen LogP contribution in [0.1, 0.15) is 50.6 Å². The normalized spacial score (nSPS) is 28.9. The van der Waals surface area contributed by atoms with E-state index in [4.69, 9.17) is 5.73 Å². The van der Waals surface area contributed by atoms with E-state index in [2.05, 4.69) is 23.8 Å². The molecule has 1 nitrogen and oxygen atoms in total. The first kappa shape index (κ1) is 11.2. The highest BCUT2D eigenvalue weighted by atomic mass is 32.1. The van der Waals surface area contributed by atoms with E-state index in [9.17, 15) is 0 Å². The Balaban J connectivity index is 1.90. The Hall–Kier alpha value is -0.340. The van der Waals surface area contributed by atoms with Gasteiger partial charge in [-0.05, 0) is 47.1 Å². The van der Waals surface area contributed by atoms with Crippen molar-refractivity contribution >= 4 is 11.3 Å². The summed E-state index contributed by atoms with van der Waals surface area (Å²) in [6.45, 7) is 2.31. The van der Waals surface area contributed by atoms with Gasteiger partial charge in [0.15, 0.2) is 0 Å². The van der Waals surface area contributed by atoms with Gasteiger partial charge in [-0.3, -0.25) is 0 Å². The van der Waals surface area contributed by atoms with E-state index in [0.29, 0.717) is 0 Å². The highest BCUT2D eigenvalue weighted by Crippen LogP contribution is 2.37. The monoisotopic (exact) mass is 223 g/mol. The van der Waals surface area contributed by atoms with Crippen molar-refractivity contribution < 1.29 is 0 Å². The van der Waals surface area contributed by atoms with Gasteiger partial charge in [0.05, 0.1) is 0 Å². The molecular formula is C13H21NS. The third kappa shape index (κ3) is 2.61. The van der Waals surface area contributed by atoms with Crippen molar-refractivity contribution in [1.82, 2.24) is 0 Å². The van der Waals surface area contributed by atoms with Crippen LogP contribution in [0.3, 0.4) is 0 Å². The average molecular weight is 223 g/mol. The molecule has 1 saturated carbocycles. The molecule has 0 amide bonds. The van der Waals surface area contributed by atoms with Crippen molar-refractivity contribution in [2.75, 3.05) is 0 Å².